The molecule has 4 rings (SSSR count). The average Bonchev–Trinajstić information content (AvgIpc) is 3.27. The molecule has 2 saturated heterocycles. The molecular weight excluding hydrogens is 342 g/mol. The highest BCUT2D eigenvalue weighted by atomic mass is 16.5. The SMILES string of the molecule is CC[C@H]1CN(C(=O)N2CCC(C(=O)N3CCCC3)CC2)c2ccccc2O1. The molecule has 0 radical (unpaired) electrons. The minimum Gasteiger partial charge on any atom is -0.486 e. The average molecular weight is 371 g/mol. The lowest BCUT2D eigenvalue weighted by atomic mass is 9.95. The summed E-state index contributed by atoms with van der Waals surface area (Å²) in [6.45, 7) is 5.77. The number of carbonyl (C=O) groups is 2. The van der Waals surface area contributed by atoms with Crippen molar-refractivity contribution in [1.82, 2.24) is 9.80 Å². The van der Waals surface area contributed by atoms with Gasteiger partial charge in [-0.05, 0) is 44.2 Å². The number of urea groups is 1. The Labute approximate surface area is 161 Å². The number of carbonyl (C=O) groups excluding carboxylic acids is 2. The number of anilines is 1. The second-order valence-corrected chi connectivity index (χ2v) is 7.80. The highest BCUT2D eigenvalue weighted by Crippen LogP contribution is 2.35. The van der Waals surface area contributed by atoms with Crippen molar-refractivity contribution in [1.29, 1.82) is 0 Å². The largest absolute Gasteiger partial charge is 0.486 e. The van der Waals surface area contributed by atoms with E-state index in [9.17, 15) is 9.59 Å². The zero-order chi connectivity index (χ0) is 18.8. The lowest BCUT2D eigenvalue weighted by molar-refractivity contribution is -0.135. The molecule has 0 spiro atoms. The summed E-state index contributed by atoms with van der Waals surface area (Å²) < 4.78 is 5.99. The monoisotopic (exact) mass is 371 g/mol. The molecule has 146 valence electrons. The summed E-state index contributed by atoms with van der Waals surface area (Å²) in [5.41, 5.74) is 0.850. The summed E-state index contributed by atoms with van der Waals surface area (Å²) in [6, 6.07) is 7.79. The van der Waals surface area contributed by atoms with E-state index in [2.05, 4.69) is 6.92 Å². The Kier molecular flexibility index (Phi) is 5.23. The molecule has 2 fully saturated rings. The summed E-state index contributed by atoms with van der Waals surface area (Å²) in [6.07, 6.45) is 4.67. The molecule has 0 unspecified atom stereocenters. The zero-order valence-electron chi connectivity index (χ0n) is 16.1. The number of para-hydroxylation sites is 2. The molecule has 0 aliphatic carbocycles. The van der Waals surface area contributed by atoms with E-state index in [-0.39, 0.29) is 18.1 Å². The van der Waals surface area contributed by atoms with Gasteiger partial charge in [-0.15, -0.1) is 0 Å². The fraction of sp³-hybridized carbons (Fsp3) is 0.619. The first-order valence-electron chi connectivity index (χ1n) is 10.3. The van der Waals surface area contributed by atoms with Crippen molar-refractivity contribution in [3.05, 3.63) is 24.3 Å². The first-order valence-corrected chi connectivity index (χ1v) is 10.3. The number of nitrogens with zero attached hydrogens (tertiary/aromatic N) is 3. The molecule has 1 aromatic carbocycles. The second-order valence-electron chi connectivity index (χ2n) is 7.80. The third-order valence-corrected chi connectivity index (χ3v) is 6.05. The predicted molar refractivity (Wildman–Crippen MR) is 104 cm³/mol. The highest BCUT2D eigenvalue weighted by Gasteiger charge is 2.35. The van der Waals surface area contributed by atoms with Gasteiger partial charge >= 0.3 is 6.03 Å². The summed E-state index contributed by atoms with van der Waals surface area (Å²) >= 11 is 0. The minimum absolute atomic E-state index is 0.0260. The van der Waals surface area contributed by atoms with Gasteiger partial charge in [0.15, 0.2) is 0 Å². The summed E-state index contributed by atoms with van der Waals surface area (Å²) in [5.74, 6) is 1.15. The van der Waals surface area contributed by atoms with Crippen LogP contribution in [0.1, 0.15) is 39.0 Å². The van der Waals surface area contributed by atoms with Gasteiger partial charge in [0.25, 0.3) is 0 Å². The van der Waals surface area contributed by atoms with E-state index in [1.54, 1.807) is 0 Å². The van der Waals surface area contributed by atoms with Crippen LogP contribution in [0.3, 0.4) is 0 Å². The molecule has 6 heteroatoms. The molecule has 1 aromatic rings. The van der Waals surface area contributed by atoms with Crippen LogP contribution < -0.4 is 9.64 Å². The van der Waals surface area contributed by atoms with Crippen LogP contribution in [0.2, 0.25) is 0 Å². The number of hydrogen-bond acceptors (Lipinski definition) is 3. The van der Waals surface area contributed by atoms with Crippen LogP contribution in [-0.2, 0) is 4.79 Å². The number of amides is 3. The van der Waals surface area contributed by atoms with Crippen LogP contribution in [0, 0.1) is 5.92 Å². The van der Waals surface area contributed by atoms with Crippen LogP contribution in [-0.4, -0.2) is 60.6 Å². The Morgan fingerprint density at radius 2 is 1.74 bits per heavy atom. The van der Waals surface area contributed by atoms with Crippen molar-refractivity contribution < 1.29 is 14.3 Å². The molecule has 3 amide bonds. The van der Waals surface area contributed by atoms with Crippen LogP contribution in [0.4, 0.5) is 10.5 Å². The predicted octanol–water partition coefficient (Wildman–Crippen LogP) is 3.12. The number of benzene rings is 1. The van der Waals surface area contributed by atoms with Gasteiger partial charge in [0.1, 0.15) is 11.9 Å². The van der Waals surface area contributed by atoms with Gasteiger partial charge in [-0.2, -0.15) is 0 Å². The summed E-state index contributed by atoms with van der Waals surface area (Å²) in [4.78, 5) is 31.6. The molecule has 3 heterocycles. The number of likely N-dealkylation sites (tertiary alicyclic amines) is 2. The van der Waals surface area contributed by atoms with E-state index in [0.717, 1.165) is 56.6 Å². The van der Waals surface area contributed by atoms with E-state index in [4.69, 9.17) is 4.74 Å². The Morgan fingerprint density at radius 3 is 2.44 bits per heavy atom. The van der Waals surface area contributed by atoms with E-state index < -0.39 is 0 Å². The molecular formula is C21H29N3O3. The Bertz CT molecular complexity index is 694. The van der Waals surface area contributed by atoms with Gasteiger partial charge in [-0.3, -0.25) is 9.69 Å². The maximum Gasteiger partial charge on any atom is 0.324 e. The first-order chi connectivity index (χ1) is 13.2. The van der Waals surface area contributed by atoms with Crippen molar-refractivity contribution in [3.63, 3.8) is 0 Å². The van der Waals surface area contributed by atoms with E-state index in [1.165, 1.54) is 0 Å². The second kappa shape index (κ2) is 7.79. The van der Waals surface area contributed by atoms with Gasteiger partial charge in [-0.25, -0.2) is 4.79 Å². The first kappa shape index (κ1) is 18.1. The molecule has 6 nitrogen and oxygen atoms in total. The van der Waals surface area contributed by atoms with E-state index in [0.29, 0.717) is 25.5 Å². The maximum atomic E-state index is 13.2. The summed E-state index contributed by atoms with van der Waals surface area (Å²) in [5, 5.41) is 0. The Balaban J connectivity index is 1.41. The fourth-order valence-corrected chi connectivity index (χ4v) is 4.38. The van der Waals surface area contributed by atoms with Crippen LogP contribution in [0.5, 0.6) is 5.75 Å². The smallest absolute Gasteiger partial charge is 0.324 e. The fourth-order valence-electron chi connectivity index (χ4n) is 4.38. The Morgan fingerprint density at radius 1 is 1.04 bits per heavy atom. The molecule has 0 saturated carbocycles. The number of rotatable bonds is 2. The van der Waals surface area contributed by atoms with Gasteiger partial charge < -0.3 is 14.5 Å². The van der Waals surface area contributed by atoms with Crippen molar-refractivity contribution in [2.24, 2.45) is 5.92 Å². The number of ether oxygens (including phenoxy) is 1. The Hall–Kier alpha value is -2.24. The summed E-state index contributed by atoms with van der Waals surface area (Å²) in [7, 11) is 0. The van der Waals surface area contributed by atoms with Gasteiger partial charge in [-0.1, -0.05) is 19.1 Å². The van der Waals surface area contributed by atoms with Gasteiger partial charge in [0, 0.05) is 32.1 Å². The van der Waals surface area contributed by atoms with Gasteiger partial charge in [0.2, 0.25) is 5.91 Å². The normalized spacial score (nSPS) is 23.1. The lowest BCUT2D eigenvalue weighted by Crippen LogP contribution is -2.52. The van der Waals surface area contributed by atoms with E-state index >= 15 is 0 Å². The highest BCUT2D eigenvalue weighted by molar-refractivity contribution is 5.94. The molecule has 0 bridgehead atoms. The molecule has 3 aliphatic heterocycles. The van der Waals surface area contributed by atoms with Crippen LogP contribution in [0.15, 0.2) is 24.3 Å². The van der Waals surface area contributed by atoms with Crippen LogP contribution >= 0.6 is 0 Å². The zero-order valence-corrected chi connectivity index (χ0v) is 16.1. The van der Waals surface area contributed by atoms with E-state index in [1.807, 2.05) is 39.0 Å². The van der Waals surface area contributed by atoms with Crippen LogP contribution in [0.25, 0.3) is 0 Å². The topological polar surface area (TPSA) is 53.1 Å². The van der Waals surface area contributed by atoms with Gasteiger partial charge in [0.05, 0.1) is 12.2 Å². The number of fused-ring (bicyclic) bond motifs is 1. The third kappa shape index (κ3) is 3.62. The standard InChI is InChI=1S/C21H29N3O3/c1-2-17-15-24(18-7-3-4-8-19(18)27-17)21(26)23-13-9-16(10-14-23)20(25)22-11-5-6-12-22/h3-4,7-8,16-17H,2,5-6,9-15H2,1H3/t17-/m0/s1. The molecule has 0 N–H and O–H groups in total. The molecule has 0 aromatic heterocycles. The van der Waals surface area contributed by atoms with Crippen molar-refractivity contribution in [3.8, 4) is 5.75 Å². The molecule has 3 aliphatic rings. The van der Waals surface area contributed by atoms with Crippen molar-refractivity contribution >= 4 is 17.6 Å². The maximum absolute atomic E-state index is 13.2. The third-order valence-electron chi connectivity index (χ3n) is 6.05. The number of piperidine rings is 1. The molecule has 27 heavy (non-hydrogen) atoms. The van der Waals surface area contributed by atoms with Crippen molar-refractivity contribution in [2.45, 2.75) is 45.1 Å². The van der Waals surface area contributed by atoms with Crippen molar-refractivity contribution in [2.75, 3.05) is 37.6 Å². The quantitative estimate of drug-likeness (QED) is 0.803. The lowest BCUT2D eigenvalue weighted by Gasteiger charge is -2.40. The molecule has 1 atom stereocenters. The minimum atomic E-state index is 0.0260. The number of hydrogen-bond donors (Lipinski definition) is 0.